The number of rotatable bonds is 10. The van der Waals surface area contributed by atoms with E-state index in [0.717, 1.165) is 0 Å². The molecule has 10 heteroatoms. The lowest BCUT2D eigenvalue weighted by molar-refractivity contribution is -0.124. The second kappa shape index (κ2) is 10.9. The van der Waals surface area contributed by atoms with Crippen molar-refractivity contribution in [1.82, 2.24) is 20.8 Å². The van der Waals surface area contributed by atoms with Gasteiger partial charge in [0.2, 0.25) is 11.8 Å². The van der Waals surface area contributed by atoms with Crippen LogP contribution < -0.4 is 10.6 Å². The van der Waals surface area contributed by atoms with E-state index in [0.29, 0.717) is 20.8 Å². The highest BCUT2D eigenvalue weighted by atomic mass is 32.2. The number of amides is 2. The lowest BCUT2D eigenvalue weighted by atomic mass is 10.2. The monoisotopic (exact) mass is 410 g/mol. The van der Waals surface area contributed by atoms with Crippen LogP contribution >= 0.6 is 34.9 Å². The number of nitrogens with zero attached hydrogens (tertiary/aromatic N) is 2. The molecule has 2 N–H and O–H groups in total. The molecule has 1 heterocycles. The Morgan fingerprint density at radius 2 is 1.62 bits per heavy atom. The number of likely N-dealkylation sites (N-methyl/N-ethyl adjacent to an activating group) is 1. The average molecular weight is 411 g/mol. The predicted octanol–water partition coefficient (Wildman–Crippen LogP) is 1.86. The summed E-state index contributed by atoms with van der Waals surface area (Å²) in [7, 11) is 0. The number of carbonyl (C=O) groups is 3. The number of nitrogens with one attached hydrogen (secondary N) is 2. The number of thioether (sulfide) groups is 2. The van der Waals surface area contributed by atoms with Gasteiger partial charge in [-0.05, 0) is 6.92 Å². The van der Waals surface area contributed by atoms with Crippen molar-refractivity contribution in [3.8, 4) is 0 Å². The molecule has 1 aromatic carbocycles. The van der Waals surface area contributed by atoms with Crippen molar-refractivity contribution in [1.29, 1.82) is 0 Å². The maximum Gasteiger partial charge on any atom is 0.239 e. The minimum atomic E-state index is -0.245. The van der Waals surface area contributed by atoms with Crippen LogP contribution in [0.2, 0.25) is 0 Å². The maximum absolute atomic E-state index is 12.1. The third kappa shape index (κ3) is 7.14. The molecule has 0 aliphatic carbocycles. The molecule has 0 unspecified atom stereocenters. The van der Waals surface area contributed by atoms with Gasteiger partial charge in [-0.3, -0.25) is 14.4 Å². The Bertz CT molecular complexity index is 752. The summed E-state index contributed by atoms with van der Waals surface area (Å²) in [5, 5.41) is 13.2. The molecule has 0 saturated heterocycles. The van der Waals surface area contributed by atoms with Crippen LogP contribution in [-0.2, 0) is 9.59 Å². The molecular weight excluding hydrogens is 392 g/mol. The van der Waals surface area contributed by atoms with E-state index in [2.05, 4.69) is 20.8 Å². The summed E-state index contributed by atoms with van der Waals surface area (Å²) in [5.41, 5.74) is 0.669. The van der Waals surface area contributed by atoms with Crippen LogP contribution in [-0.4, -0.2) is 52.4 Å². The highest BCUT2D eigenvalue weighted by Gasteiger charge is 2.12. The third-order valence-corrected chi connectivity index (χ3v) is 6.15. The first-order valence-corrected chi connectivity index (χ1v) is 10.6. The van der Waals surface area contributed by atoms with Gasteiger partial charge in [-0.1, -0.05) is 65.2 Å². The first-order valence-electron chi connectivity index (χ1n) is 7.79. The summed E-state index contributed by atoms with van der Waals surface area (Å²) in [6.45, 7) is 2.31. The number of Topliss-reactive ketones (excluding diaryl/α,β-unsaturated/α-hetero) is 1. The van der Waals surface area contributed by atoms with Crippen molar-refractivity contribution in [3.05, 3.63) is 35.9 Å². The van der Waals surface area contributed by atoms with Crippen LogP contribution in [0.5, 0.6) is 0 Å². The van der Waals surface area contributed by atoms with Gasteiger partial charge < -0.3 is 10.6 Å². The Balaban J connectivity index is 1.71. The number of benzene rings is 1. The highest BCUT2D eigenvalue weighted by molar-refractivity contribution is 8.03. The third-order valence-electron chi connectivity index (χ3n) is 2.96. The predicted molar refractivity (Wildman–Crippen MR) is 104 cm³/mol. The molecular formula is C16H18N4O3S3. The minimum absolute atomic E-state index is 0.0322. The molecule has 1 aromatic heterocycles. The highest BCUT2D eigenvalue weighted by Crippen LogP contribution is 2.29. The minimum Gasteiger partial charge on any atom is -0.355 e. The SMILES string of the molecule is CCNC(=O)CNC(=O)CSc1nnc(SCC(=O)c2ccccc2)s1. The average Bonchev–Trinajstić information content (AvgIpc) is 3.11. The van der Waals surface area contributed by atoms with E-state index in [1.165, 1.54) is 34.9 Å². The van der Waals surface area contributed by atoms with Gasteiger partial charge in [0.25, 0.3) is 0 Å². The molecule has 138 valence electrons. The van der Waals surface area contributed by atoms with E-state index < -0.39 is 0 Å². The van der Waals surface area contributed by atoms with Gasteiger partial charge in [-0.2, -0.15) is 0 Å². The number of hydrogen-bond acceptors (Lipinski definition) is 8. The molecule has 0 atom stereocenters. The summed E-state index contributed by atoms with van der Waals surface area (Å²) in [5.74, 6) is 0.0102. The molecule has 0 spiro atoms. The largest absolute Gasteiger partial charge is 0.355 e. The molecule has 0 bridgehead atoms. The summed E-state index contributed by atoms with van der Waals surface area (Å²) in [4.78, 5) is 35.0. The van der Waals surface area contributed by atoms with E-state index in [4.69, 9.17) is 0 Å². The zero-order valence-electron chi connectivity index (χ0n) is 14.1. The lowest BCUT2D eigenvalue weighted by Gasteiger charge is -2.03. The molecule has 0 saturated carbocycles. The smallest absolute Gasteiger partial charge is 0.239 e. The van der Waals surface area contributed by atoms with Crippen molar-refractivity contribution < 1.29 is 14.4 Å². The Morgan fingerprint density at radius 3 is 2.27 bits per heavy atom. The van der Waals surface area contributed by atoms with E-state index in [1.807, 2.05) is 25.1 Å². The van der Waals surface area contributed by atoms with Crippen LogP contribution in [0.15, 0.2) is 39.0 Å². The van der Waals surface area contributed by atoms with Crippen molar-refractivity contribution in [2.45, 2.75) is 15.6 Å². The van der Waals surface area contributed by atoms with Gasteiger partial charge in [0.15, 0.2) is 14.5 Å². The number of hydrogen-bond donors (Lipinski definition) is 2. The number of carbonyl (C=O) groups excluding carboxylic acids is 3. The van der Waals surface area contributed by atoms with Crippen molar-refractivity contribution >= 4 is 52.5 Å². The molecule has 0 radical (unpaired) electrons. The van der Waals surface area contributed by atoms with Crippen molar-refractivity contribution in [2.75, 3.05) is 24.6 Å². The Hall–Kier alpha value is -1.91. The Labute approximate surface area is 163 Å². The van der Waals surface area contributed by atoms with Gasteiger partial charge in [-0.15, -0.1) is 10.2 Å². The summed E-state index contributed by atoms with van der Waals surface area (Å²) >= 11 is 3.91. The van der Waals surface area contributed by atoms with E-state index in [1.54, 1.807) is 12.1 Å². The normalized spacial score (nSPS) is 10.3. The van der Waals surface area contributed by atoms with Crippen LogP contribution in [0.3, 0.4) is 0 Å². The van der Waals surface area contributed by atoms with Crippen LogP contribution in [0, 0.1) is 0 Å². The topological polar surface area (TPSA) is 101 Å². The molecule has 26 heavy (non-hydrogen) atoms. The Kier molecular flexibility index (Phi) is 8.59. The summed E-state index contributed by atoms with van der Waals surface area (Å²) in [6, 6.07) is 9.08. The molecule has 2 rings (SSSR count). The molecule has 0 aliphatic rings. The molecule has 2 amide bonds. The summed E-state index contributed by atoms with van der Waals surface area (Å²) in [6.07, 6.45) is 0. The van der Waals surface area contributed by atoms with Crippen molar-refractivity contribution in [2.24, 2.45) is 0 Å². The van der Waals surface area contributed by atoms with Gasteiger partial charge in [0, 0.05) is 12.1 Å². The first kappa shape index (κ1) is 20.4. The standard InChI is InChI=1S/C16H18N4O3S3/c1-2-17-13(22)8-18-14(23)10-25-16-20-19-15(26-16)24-9-12(21)11-6-4-3-5-7-11/h3-7H,2,8-10H2,1H3,(H,17,22)(H,18,23). The molecule has 2 aromatic rings. The fourth-order valence-electron chi connectivity index (χ4n) is 1.77. The molecule has 0 aliphatic heterocycles. The van der Waals surface area contributed by atoms with E-state index in [-0.39, 0.29) is 35.6 Å². The van der Waals surface area contributed by atoms with Crippen LogP contribution in [0.25, 0.3) is 0 Å². The van der Waals surface area contributed by atoms with Crippen LogP contribution in [0.1, 0.15) is 17.3 Å². The Morgan fingerprint density at radius 1 is 0.962 bits per heavy atom. The second-order valence-electron chi connectivity index (χ2n) is 4.93. The van der Waals surface area contributed by atoms with Gasteiger partial charge in [0.1, 0.15) is 0 Å². The maximum atomic E-state index is 12.1. The van der Waals surface area contributed by atoms with E-state index in [9.17, 15) is 14.4 Å². The zero-order valence-corrected chi connectivity index (χ0v) is 16.5. The quantitative estimate of drug-likeness (QED) is 0.455. The fraction of sp³-hybridized carbons (Fsp3) is 0.312. The zero-order chi connectivity index (χ0) is 18.8. The van der Waals surface area contributed by atoms with Gasteiger partial charge >= 0.3 is 0 Å². The fourth-order valence-corrected chi connectivity index (χ4v) is 4.51. The van der Waals surface area contributed by atoms with Crippen LogP contribution in [0.4, 0.5) is 0 Å². The summed E-state index contributed by atoms with van der Waals surface area (Å²) < 4.78 is 1.33. The number of ketones is 1. The van der Waals surface area contributed by atoms with Gasteiger partial charge in [-0.25, -0.2) is 0 Å². The number of aromatic nitrogens is 2. The lowest BCUT2D eigenvalue weighted by Crippen LogP contribution is -2.37. The first-order chi connectivity index (χ1) is 12.6. The van der Waals surface area contributed by atoms with Gasteiger partial charge in [0.05, 0.1) is 18.1 Å². The molecule has 0 fully saturated rings. The van der Waals surface area contributed by atoms with Crippen molar-refractivity contribution in [3.63, 3.8) is 0 Å². The second-order valence-corrected chi connectivity index (χ2v) is 8.35. The molecule has 7 nitrogen and oxygen atoms in total. The van der Waals surface area contributed by atoms with E-state index >= 15 is 0 Å².